The van der Waals surface area contributed by atoms with Crippen LogP contribution < -0.4 is 0 Å². The van der Waals surface area contributed by atoms with Crippen molar-refractivity contribution in [2.45, 2.75) is 120 Å². The number of aliphatic imine (C=N–C) groups is 1. The molecule has 0 radical (unpaired) electrons. The van der Waals surface area contributed by atoms with Gasteiger partial charge in [-0.05, 0) is 136 Å². The fraction of sp³-hybridized carbons (Fsp3) is 0.486. The Morgan fingerprint density at radius 2 is 1.35 bits per heavy atom. The van der Waals surface area contributed by atoms with Crippen LogP contribution in [-0.2, 0) is 0 Å². The molecule has 0 fully saturated rings. The van der Waals surface area contributed by atoms with Gasteiger partial charge in [-0.25, -0.2) is 0 Å². The summed E-state index contributed by atoms with van der Waals surface area (Å²) in [5.41, 5.74) is 14.1. The smallest absolute Gasteiger partial charge is 0.0817 e. The van der Waals surface area contributed by atoms with Gasteiger partial charge < -0.3 is 10.1 Å². The largest absolute Gasteiger partial charge is 0.388 e. The topological polar surface area (TPSA) is 48.4 Å². The van der Waals surface area contributed by atoms with E-state index >= 15 is 0 Å². The number of aliphatic hydroxyl groups excluding tert-OH is 1. The van der Waals surface area contributed by atoms with Crippen LogP contribution >= 0.6 is 0 Å². The molecule has 1 aromatic heterocycles. The highest BCUT2D eigenvalue weighted by Gasteiger charge is 2.24. The lowest BCUT2D eigenvalue weighted by atomic mass is 9.96. The Kier molecular flexibility index (Phi) is 13.6. The van der Waals surface area contributed by atoms with E-state index in [0.717, 1.165) is 90.0 Å². The fourth-order valence-corrected chi connectivity index (χ4v) is 5.24. The molecule has 0 saturated carbocycles. The molecule has 2 heterocycles. The number of rotatable bonds is 15. The van der Waals surface area contributed by atoms with Crippen molar-refractivity contribution in [3.63, 3.8) is 0 Å². The molecule has 2 rings (SSSR count). The molecule has 218 valence electrons. The maximum absolute atomic E-state index is 11.2. The van der Waals surface area contributed by atoms with Crippen LogP contribution in [0.2, 0.25) is 0 Å². The van der Waals surface area contributed by atoms with Crippen molar-refractivity contribution in [2.24, 2.45) is 4.99 Å². The van der Waals surface area contributed by atoms with Gasteiger partial charge in [0.25, 0.3) is 0 Å². The molecule has 0 amide bonds. The third-order valence-electron chi connectivity index (χ3n) is 7.95. The molecule has 40 heavy (non-hydrogen) atoms. The van der Waals surface area contributed by atoms with E-state index in [1.165, 1.54) is 22.3 Å². The first-order valence-electron chi connectivity index (χ1n) is 15.0. The van der Waals surface area contributed by atoms with Crippen LogP contribution in [0.3, 0.4) is 0 Å². The number of nitrogens with zero attached hydrogens (tertiary/aromatic N) is 1. The quantitative estimate of drug-likeness (QED) is 0.213. The minimum Gasteiger partial charge on any atom is -0.388 e. The predicted molar refractivity (Wildman–Crippen MR) is 178 cm³/mol. The Morgan fingerprint density at radius 1 is 0.825 bits per heavy atom. The zero-order chi connectivity index (χ0) is 29.8. The molecule has 1 atom stereocenters. The summed E-state index contributed by atoms with van der Waals surface area (Å²) in [6, 6.07) is 0. The molecular weight excluding hydrogens is 488 g/mol. The molecule has 1 unspecified atom stereocenters. The van der Waals surface area contributed by atoms with E-state index < -0.39 is 6.10 Å². The Morgan fingerprint density at radius 3 is 1.85 bits per heavy atom. The van der Waals surface area contributed by atoms with Crippen molar-refractivity contribution >= 4 is 17.9 Å². The molecule has 0 aliphatic carbocycles. The maximum atomic E-state index is 11.2. The van der Waals surface area contributed by atoms with Crippen LogP contribution in [0.15, 0.2) is 75.0 Å². The lowest BCUT2D eigenvalue weighted by Crippen LogP contribution is -2.12. The molecule has 0 spiro atoms. The first-order valence-corrected chi connectivity index (χ1v) is 15.0. The van der Waals surface area contributed by atoms with Crippen molar-refractivity contribution in [3.8, 4) is 0 Å². The molecule has 1 aliphatic rings. The molecule has 0 saturated heterocycles. The second kappa shape index (κ2) is 16.4. The van der Waals surface area contributed by atoms with E-state index in [9.17, 15) is 5.11 Å². The molecule has 0 bridgehead atoms. The first kappa shape index (κ1) is 33.3. The number of aromatic amines is 1. The van der Waals surface area contributed by atoms with Crippen molar-refractivity contribution in [1.82, 2.24) is 4.98 Å². The highest BCUT2D eigenvalue weighted by Crippen LogP contribution is 2.33. The monoisotopic (exact) mass is 542 g/mol. The summed E-state index contributed by atoms with van der Waals surface area (Å²) in [6.07, 6.45) is 21.1. The molecule has 3 heteroatoms. The van der Waals surface area contributed by atoms with Crippen LogP contribution in [-0.4, -0.2) is 21.9 Å². The summed E-state index contributed by atoms with van der Waals surface area (Å²) in [5, 5.41) is 11.2. The predicted octanol–water partition coefficient (Wildman–Crippen LogP) is 10.7. The third-order valence-corrected chi connectivity index (χ3v) is 7.95. The van der Waals surface area contributed by atoms with E-state index in [2.05, 4.69) is 97.3 Å². The molecule has 1 aliphatic heterocycles. The van der Waals surface area contributed by atoms with E-state index in [0.29, 0.717) is 6.42 Å². The number of nitrogens with one attached hydrogen (secondary N) is 1. The number of H-pyrrole nitrogens is 1. The summed E-state index contributed by atoms with van der Waals surface area (Å²) in [4.78, 5) is 8.25. The number of aromatic nitrogens is 1. The SMILES string of the molecule is C=Cc1c(C)[nH]c(/C=C2\N=C(C)C(C)=C2C(O)CC/C=C(\C)CC/C=C(\C)CC/C=C(\C)CCC=C(C)C)c1C. The lowest BCUT2D eigenvalue weighted by Gasteiger charge is -2.14. The van der Waals surface area contributed by atoms with Gasteiger partial charge in [0.15, 0.2) is 0 Å². The average molecular weight is 543 g/mol. The lowest BCUT2D eigenvalue weighted by molar-refractivity contribution is 0.203. The number of aryl methyl sites for hydroxylation is 1. The van der Waals surface area contributed by atoms with Crippen LogP contribution in [0.5, 0.6) is 0 Å². The van der Waals surface area contributed by atoms with Gasteiger partial charge in [-0.2, -0.15) is 0 Å². The second-order valence-electron chi connectivity index (χ2n) is 11.8. The standard InChI is InChI=1S/C37H54N2O/c1-11-33-30(8)34(39-32(33)10)24-35-37(29(7)31(9)38-35)36(40)23-15-22-28(6)21-14-20-27(5)19-13-18-26(4)17-12-16-25(2)3/h11,16,18,20,22,24,36,39-40H,1,12-15,17,19,21,23H2,2-10H3/b26-18+,27-20+,28-22+,35-24-. The zero-order valence-electron chi connectivity index (χ0n) is 26.8. The molecule has 3 nitrogen and oxygen atoms in total. The van der Waals surface area contributed by atoms with Crippen LogP contribution in [0.4, 0.5) is 0 Å². The molecule has 1 aromatic rings. The second-order valence-corrected chi connectivity index (χ2v) is 11.8. The van der Waals surface area contributed by atoms with E-state index in [1.54, 1.807) is 0 Å². The van der Waals surface area contributed by atoms with Gasteiger partial charge >= 0.3 is 0 Å². The van der Waals surface area contributed by atoms with Gasteiger partial charge in [0, 0.05) is 22.7 Å². The van der Waals surface area contributed by atoms with Gasteiger partial charge in [-0.3, -0.25) is 4.99 Å². The Hall–Kier alpha value is -2.91. The van der Waals surface area contributed by atoms with E-state index in [-0.39, 0.29) is 0 Å². The summed E-state index contributed by atoms with van der Waals surface area (Å²) < 4.78 is 0. The van der Waals surface area contributed by atoms with Crippen LogP contribution in [0.1, 0.15) is 122 Å². The molecule has 2 N–H and O–H groups in total. The summed E-state index contributed by atoms with van der Waals surface area (Å²) in [6.45, 7) is 23.2. The Labute approximate surface area is 245 Å². The number of allylic oxidation sites excluding steroid dienone is 9. The van der Waals surface area contributed by atoms with E-state index in [4.69, 9.17) is 4.99 Å². The van der Waals surface area contributed by atoms with Crippen LogP contribution in [0, 0.1) is 13.8 Å². The van der Waals surface area contributed by atoms with E-state index in [1.807, 2.05) is 13.0 Å². The van der Waals surface area contributed by atoms with Gasteiger partial charge in [0.2, 0.25) is 0 Å². The summed E-state index contributed by atoms with van der Waals surface area (Å²) in [5.74, 6) is 0. The third kappa shape index (κ3) is 10.2. The number of hydrogen-bond acceptors (Lipinski definition) is 2. The van der Waals surface area contributed by atoms with Gasteiger partial charge in [0.05, 0.1) is 11.8 Å². The Bertz CT molecular complexity index is 1250. The minimum absolute atomic E-state index is 0.535. The number of aliphatic hydroxyl groups is 1. The number of hydrogen-bond donors (Lipinski definition) is 2. The van der Waals surface area contributed by atoms with Crippen molar-refractivity contribution in [1.29, 1.82) is 0 Å². The first-order chi connectivity index (χ1) is 18.9. The average Bonchev–Trinajstić information content (AvgIpc) is 3.31. The van der Waals surface area contributed by atoms with Gasteiger partial charge in [0.1, 0.15) is 0 Å². The fourth-order valence-electron chi connectivity index (χ4n) is 5.24. The normalized spacial score (nSPS) is 16.6. The Balaban J connectivity index is 1.87. The van der Waals surface area contributed by atoms with Crippen molar-refractivity contribution in [3.05, 3.63) is 92.5 Å². The van der Waals surface area contributed by atoms with Gasteiger partial charge in [-0.15, -0.1) is 0 Å². The molecule has 0 aromatic carbocycles. The summed E-state index contributed by atoms with van der Waals surface area (Å²) >= 11 is 0. The molecular formula is C37H54N2O. The highest BCUT2D eigenvalue weighted by molar-refractivity contribution is 6.03. The zero-order valence-corrected chi connectivity index (χ0v) is 26.8. The minimum atomic E-state index is -0.535. The van der Waals surface area contributed by atoms with Crippen molar-refractivity contribution in [2.75, 3.05) is 0 Å². The van der Waals surface area contributed by atoms with Crippen molar-refractivity contribution < 1.29 is 5.11 Å². The summed E-state index contributed by atoms with van der Waals surface area (Å²) in [7, 11) is 0. The highest BCUT2D eigenvalue weighted by atomic mass is 16.3. The van der Waals surface area contributed by atoms with Gasteiger partial charge in [-0.1, -0.05) is 59.3 Å². The maximum Gasteiger partial charge on any atom is 0.0817 e. The van der Waals surface area contributed by atoms with Crippen LogP contribution in [0.25, 0.3) is 12.2 Å².